The highest BCUT2D eigenvalue weighted by molar-refractivity contribution is 5.89. The van der Waals surface area contributed by atoms with Gasteiger partial charge >= 0.3 is 12.1 Å². The topological polar surface area (TPSA) is 90.0 Å². The van der Waals surface area contributed by atoms with Crippen LogP contribution in [-0.4, -0.2) is 52.8 Å². The molecule has 2 heterocycles. The fourth-order valence-corrected chi connectivity index (χ4v) is 3.56. The number of carbonyl (C=O) groups is 2. The van der Waals surface area contributed by atoms with Crippen molar-refractivity contribution in [3.63, 3.8) is 0 Å². The van der Waals surface area contributed by atoms with E-state index in [0.717, 1.165) is 18.2 Å². The highest BCUT2D eigenvalue weighted by Crippen LogP contribution is 2.26. The Labute approximate surface area is 189 Å². The molecule has 1 saturated heterocycles. The van der Waals surface area contributed by atoms with E-state index >= 15 is 0 Å². The number of likely N-dealkylation sites (tertiary alicyclic amines) is 1. The minimum atomic E-state index is -0.752. The summed E-state index contributed by atoms with van der Waals surface area (Å²) in [6, 6.07) is 8.31. The number of benzene rings is 1. The maximum absolute atomic E-state index is 13.1. The fraction of sp³-hybridized carbons (Fsp3) is 0.542. The van der Waals surface area contributed by atoms with E-state index < -0.39 is 23.7 Å². The van der Waals surface area contributed by atoms with Crippen LogP contribution in [0, 0.1) is 0 Å². The van der Waals surface area contributed by atoms with Crippen LogP contribution >= 0.6 is 0 Å². The molecule has 1 amide bonds. The average Bonchev–Trinajstić information content (AvgIpc) is 2.75. The summed E-state index contributed by atoms with van der Waals surface area (Å²) in [6.07, 6.45) is 4.19. The number of nitrogens with one attached hydrogen (secondary N) is 1. The SMILES string of the molecule is CCCCON[C@@H]1CC[C@@H](C(=O)Oc2cccc3cccnc23)N(C(=O)OC(C)(C)C)C1. The number of pyridine rings is 1. The Morgan fingerprint density at radius 2 is 1.97 bits per heavy atom. The van der Waals surface area contributed by atoms with Crippen LogP contribution in [-0.2, 0) is 14.4 Å². The molecule has 1 aliphatic rings. The molecule has 1 aromatic heterocycles. The first-order chi connectivity index (χ1) is 15.3. The van der Waals surface area contributed by atoms with Crippen molar-refractivity contribution in [2.45, 2.75) is 71.1 Å². The van der Waals surface area contributed by atoms with Crippen molar-refractivity contribution >= 4 is 23.0 Å². The number of fused-ring (bicyclic) bond motifs is 1. The highest BCUT2D eigenvalue weighted by Gasteiger charge is 2.39. The molecule has 1 N–H and O–H groups in total. The van der Waals surface area contributed by atoms with Gasteiger partial charge in [-0.1, -0.05) is 31.5 Å². The van der Waals surface area contributed by atoms with Crippen LogP contribution in [0.2, 0.25) is 0 Å². The number of carbonyl (C=O) groups excluding carboxylic acids is 2. The zero-order chi connectivity index (χ0) is 23.1. The van der Waals surface area contributed by atoms with Crippen LogP contribution in [0.15, 0.2) is 36.5 Å². The molecule has 0 unspecified atom stereocenters. The zero-order valence-corrected chi connectivity index (χ0v) is 19.3. The van der Waals surface area contributed by atoms with Gasteiger partial charge in [0.1, 0.15) is 17.2 Å². The van der Waals surface area contributed by atoms with E-state index in [1.54, 1.807) is 33.0 Å². The van der Waals surface area contributed by atoms with E-state index in [1.807, 2.05) is 24.3 Å². The van der Waals surface area contributed by atoms with Crippen molar-refractivity contribution in [3.05, 3.63) is 36.5 Å². The number of piperidine rings is 1. The number of para-hydroxylation sites is 1. The molecule has 0 radical (unpaired) electrons. The third kappa shape index (κ3) is 6.40. The Morgan fingerprint density at radius 1 is 1.19 bits per heavy atom. The summed E-state index contributed by atoms with van der Waals surface area (Å²) in [7, 11) is 0. The van der Waals surface area contributed by atoms with Crippen molar-refractivity contribution in [3.8, 4) is 5.75 Å². The fourth-order valence-electron chi connectivity index (χ4n) is 3.56. The normalized spacial score (nSPS) is 19.1. The van der Waals surface area contributed by atoms with E-state index in [2.05, 4.69) is 17.4 Å². The highest BCUT2D eigenvalue weighted by atomic mass is 16.6. The molecule has 0 bridgehead atoms. The largest absolute Gasteiger partial charge is 0.444 e. The van der Waals surface area contributed by atoms with Gasteiger partial charge in [0.2, 0.25) is 0 Å². The van der Waals surface area contributed by atoms with Crippen molar-refractivity contribution in [2.75, 3.05) is 13.2 Å². The van der Waals surface area contributed by atoms with Crippen LogP contribution in [0.4, 0.5) is 4.79 Å². The summed E-state index contributed by atoms with van der Waals surface area (Å²) >= 11 is 0. The van der Waals surface area contributed by atoms with Gasteiger partial charge in [-0.15, -0.1) is 0 Å². The molecular weight excluding hydrogens is 410 g/mol. The number of hydrogen-bond acceptors (Lipinski definition) is 7. The Morgan fingerprint density at radius 3 is 2.72 bits per heavy atom. The Balaban J connectivity index is 1.74. The number of nitrogens with zero attached hydrogens (tertiary/aromatic N) is 2. The van der Waals surface area contributed by atoms with E-state index in [0.29, 0.717) is 30.7 Å². The van der Waals surface area contributed by atoms with Gasteiger partial charge in [-0.3, -0.25) is 9.88 Å². The van der Waals surface area contributed by atoms with E-state index in [-0.39, 0.29) is 12.6 Å². The second-order valence-corrected chi connectivity index (χ2v) is 9.00. The first-order valence-electron chi connectivity index (χ1n) is 11.2. The number of aromatic nitrogens is 1. The molecule has 32 heavy (non-hydrogen) atoms. The summed E-state index contributed by atoms with van der Waals surface area (Å²) in [5, 5.41) is 0.874. The summed E-state index contributed by atoms with van der Waals surface area (Å²) in [5.41, 5.74) is 2.95. The molecule has 0 saturated carbocycles. The molecule has 8 heteroatoms. The molecule has 3 rings (SSSR count). The predicted molar refractivity (Wildman–Crippen MR) is 121 cm³/mol. The smallest absolute Gasteiger partial charge is 0.411 e. The van der Waals surface area contributed by atoms with Crippen LogP contribution in [0.3, 0.4) is 0 Å². The van der Waals surface area contributed by atoms with Gasteiger partial charge in [0.05, 0.1) is 12.6 Å². The van der Waals surface area contributed by atoms with E-state index in [4.69, 9.17) is 14.3 Å². The van der Waals surface area contributed by atoms with E-state index in [9.17, 15) is 9.59 Å². The molecule has 174 valence electrons. The Bertz CT molecular complexity index is 922. The number of unbranched alkanes of at least 4 members (excludes halogenated alkanes) is 1. The number of hydrogen-bond donors (Lipinski definition) is 1. The lowest BCUT2D eigenvalue weighted by Gasteiger charge is -2.38. The Kier molecular flexibility index (Phi) is 8.04. The zero-order valence-electron chi connectivity index (χ0n) is 19.3. The standard InChI is InChI=1S/C24H33N3O5/c1-5-6-15-30-26-18-12-13-19(27(16-18)23(29)32-24(2,3)4)22(28)31-20-11-7-9-17-10-8-14-25-21(17)20/h7-11,14,18-19,26H,5-6,12-13,15-16H2,1-4H3/t18-,19+/m1/s1. The first-order valence-corrected chi connectivity index (χ1v) is 11.2. The monoisotopic (exact) mass is 443 g/mol. The predicted octanol–water partition coefficient (Wildman–Crippen LogP) is 4.23. The summed E-state index contributed by atoms with van der Waals surface area (Å²) < 4.78 is 11.3. The Hall–Kier alpha value is -2.71. The molecule has 2 atom stereocenters. The molecule has 1 fully saturated rings. The maximum Gasteiger partial charge on any atom is 0.411 e. The molecule has 0 aliphatic carbocycles. The lowest BCUT2D eigenvalue weighted by Crippen LogP contribution is -2.57. The number of ether oxygens (including phenoxy) is 2. The van der Waals surface area contributed by atoms with Crippen molar-refractivity contribution in [1.82, 2.24) is 15.4 Å². The van der Waals surface area contributed by atoms with Crippen LogP contribution in [0.25, 0.3) is 10.9 Å². The summed E-state index contributed by atoms with van der Waals surface area (Å²) in [5.74, 6) is -0.125. The average molecular weight is 444 g/mol. The number of esters is 1. The van der Waals surface area contributed by atoms with Crippen molar-refractivity contribution < 1.29 is 23.9 Å². The van der Waals surface area contributed by atoms with Crippen molar-refractivity contribution in [2.24, 2.45) is 0 Å². The molecular formula is C24H33N3O5. The third-order valence-electron chi connectivity index (χ3n) is 5.14. The quantitative estimate of drug-likeness (QED) is 0.296. The minimum Gasteiger partial charge on any atom is -0.444 e. The van der Waals surface area contributed by atoms with Crippen LogP contribution < -0.4 is 10.2 Å². The van der Waals surface area contributed by atoms with Gasteiger partial charge in [-0.2, -0.15) is 5.48 Å². The van der Waals surface area contributed by atoms with E-state index in [1.165, 1.54) is 4.90 Å². The summed E-state index contributed by atoms with van der Waals surface area (Å²) in [4.78, 5) is 37.4. The van der Waals surface area contributed by atoms with Gasteiger partial charge in [0.15, 0.2) is 5.75 Å². The summed E-state index contributed by atoms with van der Waals surface area (Å²) in [6.45, 7) is 8.37. The van der Waals surface area contributed by atoms with Crippen LogP contribution in [0.1, 0.15) is 53.4 Å². The molecule has 2 aromatic rings. The molecule has 0 spiro atoms. The third-order valence-corrected chi connectivity index (χ3v) is 5.14. The molecule has 8 nitrogen and oxygen atoms in total. The lowest BCUT2D eigenvalue weighted by molar-refractivity contribution is -0.142. The minimum absolute atomic E-state index is 0.0948. The van der Waals surface area contributed by atoms with Crippen molar-refractivity contribution in [1.29, 1.82) is 0 Å². The van der Waals surface area contributed by atoms with Gasteiger partial charge in [-0.25, -0.2) is 9.59 Å². The lowest BCUT2D eigenvalue weighted by atomic mass is 9.99. The number of rotatable bonds is 7. The maximum atomic E-state index is 13.1. The number of amides is 1. The van der Waals surface area contributed by atoms with Gasteiger partial charge in [0.25, 0.3) is 0 Å². The number of hydroxylamine groups is 1. The van der Waals surface area contributed by atoms with Gasteiger partial charge < -0.3 is 14.3 Å². The van der Waals surface area contributed by atoms with Gasteiger partial charge in [0, 0.05) is 18.1 Å². The first kappa shape index (κ1) is 23.9. The molecule has 1 aliphatic heterocycles. The second kappa shape index (κ2) is 10.7. The van der Waals surface area contributed by atoms with Gasteiger partial charge in [-0.05, 0) is 52.2 Å². The second-order valence-electron chi connectivity index (χ2n) is 9.00. The van der Waals surface area contributed by atoms with Crippen LogP contribution in [0.5, 0.6) is 5.75 Å². The molecule has 1 aromatic carbocycles.